The average Bonchev–Trinajstić information content (AvgIpc) is 3.11. The van der Waals surface area contributed by atoms with E-state index >= 15 is 0 Å². The SMILES string of the molecule is CC(C)(N)CC(=O)N1CCC(NC(=O)C2CC2)CC1. The fraction of sp³-hybridized carbons (Fsp3) is 0.857. The van der Waals surface area contributed by atoms with Gasteiger partial charge in [0.2, 0.25) is 11.8 Å². The van der Waals surface area contributed by atoms with Crippen molar-refractivity contribution in [2.45, 2.75) is 57.5 Å². The second kappa shape index (κ2) is 5.49. The number of piperidine rings is 1. The number of amides is 2. The van der Waals surface area contributed by atoms with Crippen LogP contribution < -0.4 is 11.1 Å². The third-order valence-electron chi connectivity index (χ3n) is 3.75. The van der Waals surface area contributed by atoms with Crippen LogP contribution in [0.5, 0.6) is 0 Å². The van der Waals surface area contributed by atoms with E-state index in [1.165, 1.54) is 0 Å². The Balaban J connectivity index is 1.72. The van der Waals surface area contributed by atoms with Crippen molar-refractivity contribution in [2.75, 3.05) is 13.1 Å². The Morgan fingerprint density at radius 2 is 1.79 bits per heavy atom. The number of nitrogens with one attached hydrogen (secondary N) is 1. The molecule has 5 heteroatoms. The molecule has 0 aromatic carbocycles. The minimum Gasteiger partial charge on any atom is -0.353 e. The van der Waals surface area contributed by atoms with Gasteiger partial charge in [0, 0.05) is 37.0 Å². The maximum absolute atomic E-state index is 12.0. The lowest BCUT2D eigenvalue weighted by atomic mass is 9.99. The third-order valence-corrected chi connectivity index (χ3v) is 3.75. The van der Waals surface area contributed by atoms with E-state index in [-0.39, 0.29) is 23.8 Å². The van der Waals surface area contributed by atoms with Crippen molar-refractivity contribution in [3.63, 3.8) is 0 Å². The lowest BCUT2D eigenvalue weighted by Crippen LogP contribution is -2.49. The number of rotatable bonds is 4. The van der Waals surface area contributed by atoms with Crippen molar-refractivity contribution in [3.05, 3.63) is 0 Å². The van der Waals surface area contributed by atoms with E-state index in [1.807, 2.05) is 18.7 Å². The monoisotopic (exact) mass is 267 g/mol. The van der Waals surface area contributed by atoms with E-state index in [1.54, 1.807) is 0 Å². The van der Waals surface area contributed by atoms with Gasteiger partial charge in [0.15, 0.2) is 0 Å². The molecule has 2 amide bonds. The Labute approximate surface area is 114 Å². The van der Waals surface area contributed by atoms with Gasteiger partial charge in [0.05, 0.1) is 0 Å². The summed E-state index contributed by atoms with van der Waals surface area (Å²) in [7, 11) is 0. The number of hydrogen-bond acceptors (Lipinski definition) is 3. The number of nitrogens with two attached hydrogens (primary N) is 1. The first-order valence-electron chi connectivity index (χ1n) is 7.22. The first-order chi connectivity index (χ1) is 8.85. The van der Waals surface area contributed by atoms with E-state index in [0.717, 1.165) is 38.8 Å². The highest BCUT2D eigenvalue weighted by atomic mass is 16.2. The van der Waals surface area contributed by atoms with Crippen LogP contribution in [0.25, 0.3) is 0 Å². The first kappa shape index (κ1) is 14.3. The largest absolute Gasteiger partial charge is 0.353 e. The predicted molar refractivity (Wildman–Crippen MR) is 73.4 cm³/mol. The molecule has 0 aromatic rings. The normalized spacial score (nSPS) is 21.3. The van der Waals surface area contributed by atoms with Crippen molar-refractivity contribution in [2.24, 2.45) is 11.7 Å². The Morgan fingerprint density at radius 3 is 2.26 bits per heavy atom. The summed E-state index contributed by atoms with van der Waals surface area (Å²) in [5.74, 6) is 0.588. The van der Waals surface area contributed by atoms with Gasteiger partial charge in [-0.25, -0.2) is 0 Å². The minimum absolute atomic E-state index is 0.125. The zero-order valence-electron chi connectivity index (χ0n) is 11.9. The summed E-state index contributed by atoms with van der Waals surface area (Å²) in [6.45, 7) is 5.19. The van der Waals surface area contributed by atoms with E-state index < -0.39 is 5.54 Å². The Bertz CT molecular complexity index is 350. The lowest BCUT2D eigenvalue weighted by molar-refractivity contribution is -0.133. The maximum atomic E-state index is 12.0. The van der Waals surface area contributed by atoms with E-state index in [0.29, 0.717) is 6.42 Å². The van der Waals surface area contributed by atoms with Crippen LogP contribution in [-0.4, -0.2) is 41.4 Å². The van der Waals surface area contributed by atoms with Crippen LogP contribution in [0, 0.1) is 5.92 Å². The van der Waals surface area contributed by atoms with Gasteiger partial charge in [0.1, 0.15) is 0 Å². The molecule has 2 aliphatic rings. The fourth-order valence-corrected chi connectivity index (χ4v) is 2.44. The molecule has 1 aliphatic carbocycles. The zero-order chi connectivity index (χ0) is 14.0. The molecule has 19 heavy (non-hydrogen) atoms. The number of nitrogens with zero attached hydrogens (tertiary/aromatic N) is 1. The zero-order valence-corrected chi connectivity index (χ0v) is 11.9. The molecule has 2 fully saturated rings. The second-order valence-electron chi connectivity index (χ2n) is 6.60. The topological polar surface area (TPSA) is 75.4 Å². The van der Waals surface area contributed by atoms with Crippen LogP contribution in [0.15, 0.2) is 0 Å². The van der Waals surface area contributed by atoms with Crippen molar-refractivity contribution >= 4 is 11.8 Å². The number of carbonyl (C=O) groups excluding carboxylic acids is 2. The summed E-state index contributed by atoms with van der Waals surface area (Å²) in [5.41, 5.74) is 5.42. The molecule has 0 spiro atoms. The number of hydrogen-bond donors (Lipinski definition) is 2. The molecule has 0 unspecified atom stereocenters. The molecule has 1 saturated carbocycles. The quantitative estimate of drug-likeness (QED) is 0.784. The number of carbonyl (C=O) groups is 2. The molecular weight excluding hydrogens is 242 g/mol. The lowest BCUT2D eigenvalue weighted by Gasteiger charge is -2.34. The molecule has 0 atom stereocenters. The molecule has 1 saturated heterocycles. The fourth-order valence-electron chi connectivity index (χ4n) is 2.44. The van der Waals surface area contributed by atoms with Crippen LogP contribution in [0.2, 0.25) is 0 Å². The molecule has 1 heterocycles. The van der Waals surface area contributed by atoms with Crippen molar-refractivity contribution in [1.29, 1.82) is 0 Å². The highest BCUT2D eigenvalue weighted by molar-refractivity contribution is 5.81. The Morgan fingerprint density at radius 1 is 1.21 bits per heavy atom. The molecule has 0 aromatic heterocycles. The van der Waals surface area contributed by atoms with Crippen LogP contribution in [0.4, 0.5) is 0 Å². The second-order valence-corrected chi connectivity index (χ2v) is 6.60. The summed E-state index contributed by atoms with van der Waals surface area (Å²) in [6, 6.07) is 0.239. The molecule has 5 nitrogen and oxygen atoms in total. The molecule has 0 radical (unpaired) electrons. The van der Waals surface area contributed by atoms with Gasteiger partial charge in [-0.05, 0) is 39.5 Å². The van der Waals surface area contributed by atoms with Crippen molar-refractivity contribution in [3.8, 4) is 0 Å². The van der Waals surface area contributed by atoms with Crippen molar-refractivity contribution < 1.29 is 9.59 Å². The number of likely N-dealkylation sites (tertiary alicyclic amines) is 1. The van der Waals surface area contributed by atoms with Crippen LogP contribution >= 0.6 is 0 Å². The van der Waals surface area contributed by atoms with Crippen LogP contribution in [0.3, 0.4) is 0 Å². The maximum Gasteiger partial charge on any atom is 0.224 e. The highest BCUT2D eigenvalue weighted by Crippen LogP contribution is 2.29. The van der Waals surface area contributed by atoms with Gasteiger partial charge >= 0.3 is 0 Å². The standard InChI is InChI=1S/C14H25N3O2/c1-14(2,15)9-12(18)17-7-5-11(6-8-17)16-13(19)10-3-4-10/h10-11H,3-9,15H2,1-2H3,(H,16,19). The first-order valence-corrected chi connectivity index (χ1v) is 7.22. The Kier molecular flexibility index (Phi) is 4.13. The van der Waals surface area contributed by atoms with E-state index in [2.05, 4.69) is 5.32 Å². The van der Waals surface area contributed by atoms with Crippen LogP contribution in [-0.2, 0) is 9.59 Å². The smallest absolute Gasteiger partial charge is 0.224 e. The molecular formula is C14H25N3O2. The summed E-state index contributed by atoms with van der Waals surface area (Å²) < 4.78 is 0. The summed E-state index contributed by atoms with van der Waals surface area (Å²) in [6.07, 6.45) is 4.17. The average molecular weight is 267 g/mol. The minimum atomic E-state index is -0.450. The van der Waals surface area contributed by atoms with Gasteiger partial charge in [-0.1, -0.05) is 0 Å². The summed E-state index contributed by atoms with van der Waals surface area (Å²) in [4.78, 5) is 25.6. The molecule has 108 valence electrons. The van der Waals surface area contributed by atoms with Gasteiger partial charge in [-0.2, -0.15) is 0 Å². The summed E-state index contributed by atoms with van der Waals surface area (Å²) in [5, 5.41) is 3.09. The summed E-state index contributed by atoms with van der Waals surface area (Å²) >= 11 is 0. The van der Waals surface area contributed by atoms with Gasteiger partial charge < -0.3 is 16.0 Å². The predicted octanol–water partition coefficient (Wildman–Crippen LogP) is 0.631. The Hall–Kier alpha value is -1.10. The molecule has 0 bridgehead atoms. The van der Waals surface area contributed by atoms with Gasteiger partial charge in [0.25, 0.3) is 0 Å². The van der Waals surface area contributed by atoms with Crippen LogP contribution in [0.1, 0.15) is 46.0 Å². The molecule has 3 N–H and O–H groups in total. The highest BCUT2D eigenvalue weighted by Gasteiger charge is 2.32. The molecule has 1 aliphatic heterocycles. The third kappa shape index (κ3) is 4.49. The van der Waals surface area contributed by atoms with Gasteiger partial charge in [-0.15, -0.1) is 0 Å². The van der Waals surface area contributed by atoms with Gasteiger partial charge in [-0.3, -0.25) is 9.59 Å². The molecule has 2 rings (SSSR count). The van der Waals surface area contributed by atoms with E-state index in [9.17, 15) is 9.59 Å². The van der Waals surface area contributed by atoms with Crippen molar-refractivity contribution in [1.82, 2.24) is 10.2 Å². The van der Waals surface area contributed by atoms with E-state index in [4.69, 9.17) is 5.73 Å².